The topological polar surface area (TPSA) is 98.4 Å². The molecule has 8 heteroatoms. The average Bonchev–Trinajstić information content (AvgIpc) is 2.69. The van der Waals surface area contributed by atoms with Gasteiger partial charge in [-0.05, 0) is 57.2 Å². The SMILES string of the molecule is COc1ccc(CN=C(N)NCC2CCCN(C(=O)OC(C)(C)C)C2)cc1OC. The van der Waals surface area contributed by atoms with Crippen molar-refractivity contribution in [2.45, 2.75) is 45.8 Å². The van der Waals surface area contributed by atoms with E-state index in [4.69, 9.17) is 19.9 Å². The van der Waals surface area contributed by atoms with E-state index in [1.165, 1.54) is 0 Å². The summed E-state index contributed by atoms with van der Waals surface area (Å²) in [5.41, 5.74) is 6.51. The first-order chi connectivity index (χ1) is 13.7. The van der Waals surface area contributed by atoms with Crippen LogP contribution in [0.5, 0.6) is 11.5 Å². The number of nitrogens with two attached hydrogens (primary N) is 1. The van der Waals surface area contributed by atoms with Crippen LogP contribution in [0, 0.1) is 5.92 Å². The van der Waals surface area contributed by atoms with Crippen molar-refractivity contribution >= 4 is 12.1 Å². The van der Waals surface area contributed by atoms with Crippen molar-refractivity contribution in [2.24, 2.45) is 16.6 Å². The Balaban J connectivity index is 1.83. The molecule has 1 aromatic rings. The minimum Gasteiger partial charge on any atom is -0.493 e. The number of benzene rings is 1. The minimum atomic E-state index is -0.483. The molecule has 1 heterocycles. The number of nitrogens with zero attached hydrogens (tertiary/aromatic N) is 2. The summed E-state index contributed by atoms with van der Waals surface area (Å²) in [6.45, 7) is 8.13. The summed E-state index contributed by atoms with van der Waals surface area (Å²) in [4.78, 5) is 18.4. The second-order valence-corrected chi connectivity index (χ2v) is 8.21. The van der Waals surface area contributed by atoms with Crippen LogP contribution in [-0.4, -0.2) is 56.4 Å². The zero-order valence-corrected chi connectivity index (χ0v) is 18.2. The van der Waals surface area contributed by atoms with Gasteiger partial charge in [-0.3, -0.25) is 0 Å². The van der Waals surface area contributed by atoms with Crippen LogP contribution in [0.3, 0.4) is 0 Å². The Morgan fingerprint density at radius 1 is 1.28 bits per heavy atom. The number of carbonyl (C=O) groups excluding carboxylic acids is 1. The third-order valence-corrected chi connectivity index (χ3v) is 4.62. The van der Waals surface area contributed by atoms with Crippen molar-refractivity contribution in [3.63, 3.8) is 0 Å². The zero-order chi connectivity index (χ0) is 21.4. The summed E-state index contributed by atoms with van der Waals surface area (Å²) in [6.07, 6.45) is 1.74. The highest BCUT2D eigenvalue weighted by molar-refractivity contribution is 5.77. The van der Waals surface area contributed by atoms with Crippen molar-refractivity contribution in [2.75, 3.05) is 33.9 Å². The standard InChI is InChI=1S/C21H34N4O4/c1-21(2,3)29-20(26)25-10-6-7-16(14-25)13-24-19(22)23-12-15-8-9-17(27-4)18(11-15)28-5/h8-9,11,16H,6-7,10,12-14H2,1-5H3,(H3,22,23,24). The van der Waals surface area contributed by atoms with Gasteiger partial charge in [-0.2, -0.15) is 0 Å². The van der Waals surface area contributed by atoms with Crippen molar-refractivity contribution in [3.05, 3.63) is 23.8 Å². The van der Waals surface area contributed by atoms with Gasteiger partial charge in [0.05, 0.1) is 20.8 Å². The first kappa shape index (κ1) is 22.6. The maximum Gasteiger partial charge on any atom is 0.410 e. The van der Waals surface area contributed by atoms with E-state index in [0.717, 1.165) is 24.9 Å². The number of likely N-dealkylation sites (tertiary alicyclic amines) is 1. The molecule has 1 fully saturated rings. The molecule has 1 unspecified atom stereocenters. The number of methoxy groups -OCH3 is 2. The molecule has 0 radical (unpaired) electrons. The van der Waals surface area contributed by atoms with E-state index in [-0.39, 0.29) is 6.09 Å². The lowest BCUT2D eigenvalue weighted by Crippen LogP contribution is -2.46. The van der Waals surface area contributed by atoms with Gasteiger partial charge in [-0.25, -0.2) is 9.79 Å². The smallest absolute Gasteiger partial charge is 0.410 e. The molecule has 0 aromatic heterocycles. The zero-order valence-electron chi connectivity index (χ0n) is 18.2. The first-order valence-electron chi connectivity index (χ1n) is 9.94. The Hall–Kier alpha value is -2.64. The molecule has 162 valence electrons. The van der Waals surface area contributed by atoms with Gasteiger partial charge in [0.1, 0.15) is 5.60 Å². The molecule has 0 spiro atoms. The predicted octanol–water partition coefficient (Wildman–Crippen LogP) is 2.76. The van der Waals surface area contributed by atoms with Gasteiger partial charge in [0.2, 0.25) is 0 Å². The number of nitrogens with one attached hydrogen (secondary N) is 1. The summed E-state index contributed by atoms with van der Waals surface area (Å²) in [5, 5.41) is 3.17. The number of hydrogen-bond donors (Lipinski definition) is 2. The molecule has 0 bridgehead atoms. The van der Waals surface area contributed by atoms with E-state index in [1.807, 2.05) is 39.0 Å². The molecule has 8 nitrogen and oxygen atoms in total. The highest BCUT2D eigenvalue weighted by Gasteiger charge is 2.27. The summed E-state index contributed by atoms with van der Waals surface area (Å²) in [7, 11) is 3.21. The van der Waals surface area contributed by atoms with Crippen LogP contribution >= 0.6 is 0 Å². The van der Waals surface area contributed by atoms with Crippen LogP contribution in [0.25, 0.3) is 0 Å². The lowest BCUT2D eigenvalue weighted by atomic mass is 9.98. The molecule has 1 saturated heterocycles. The number of amides is 1. The number of carbonyl (C=O) groups is 1. The Labute approximate surface area is 173 Å². The maximum atomic E-state index is 12.3. The number of piperidine rings is 1. The van der Waals surface area contributed by atoms with Gasteiger partial charge in [0, 0.05) is 19.6 Å². The van der Waals surface area contributed by atoms with E-state index in [1.54, 1.807) is 19.1 Å². The molecular formula is C21H34N4O4. The fraction of sp³-hybridized carbons (Fsp3) is 0.619. The molecule has 3 N–H and O–H groups in total. The Kier molecular flexibility index (Phi) is 7.99. The second-order valence-electron chi connectivity index (χ2n) is 8.21. The highest BCUT2D eigenvalue weighted by Crippen LogP contribution is 2.27. The van der Waals surface area contributed by atoms with Gasteiger partial charge < -0.3 is 30.2 Å². The molecule has 29 heavy (non-hydrogen) atoms. The van der Waals surface area contributed by atoms with E-state index in [9.17, 15) is 4.79 Å². The molecule has 1 aromatic carbocycles. The normalized spacial score (nSPS) is 17.6. The average molecular weight is 407 g/mol. The fourth-order valence-corrected chi connectivity index (χ4v) is 3.18. The number of guanidine groups is 1. The summed E-state index contributed by atoms with van der Waals surface area (Å²) in [6, 6.07) is 5.66. The number of ether oxygens (including phenoxy) is 3. The van der Waals surface area contributed by atoms with E-state index in [0.29, 0.717) is 43.0 Å². The van der Waals surface area contributed by atoms with Crippen LogP contribution in [0.4, 0.5) is 4.79 Å². The molecule has 2 rings (SSSR count). The lowest BCUT2D eigenvalue weighted by molar-refractivity contribution is 0.0168. The second kappa shape index (κ2) is 10.2. The van der Waals surface area contributed by atoms with Gasteiger partial charge >= 0.3 is 6.09 Å². The van der Waals surface area contributed by atoms with Gasteiger partial charge in [-0.1, -0.05) is 6.07 Å². The Morgan fingerprint density at radius 3 is 2.66 bits per heavy atom. The summed E-state index contributed by atoms with van der Waals surface area (Å²) in [5.74, 6) is 2.04. The largest absolute Gasteiger partial charge is 0.493 e. The van der Waals surface area contributed by atoms with Crippen LogP contribution in [0.15, 0.2) is 23.2 Å². The van der Waals surface area contributed by atoms with E-state index < -0.39 is 5.60 Å². The Morgan fingerprint density at radius 2 is 2.00 bits per heavy atom. The number of aliphatic imine (C=N–C) groups is 1. The predicted molar refractivity (Wildman–Crippen MR) is 113 cm³/mol. The molecule has 1 atom stereocenters. The van der Waals surface area contributed by atoms with Gasteiger partial charge in [0.25, 0.3) is 0 Å². The summed E-state index contributed by atoms with van der Waals surface area (Å²) >= 11 is 0. The monoisotopic (exact) mass is 406 g/mol. The third-order valence-electron chi connectivity index (χ3n) is 4.62. The van der Waals surface area contributed by atoms with Crippen molar-refractivity contribution in [1.82, 2.24) is 10.2 Å². The molecule has 1 aliphatic heterocycles. The molecule has 1 amide bonds. The highest BCUT2D eigenvalue weighted by atomic mass is 16.6. The van der Waals surface area contributed by atoms with Crippen LogP contribution in [0.1, 0.15) is 39.2 Å². The van der Waals surface area contributed by atoms with Crippen molar-refractivity contribution in [1.29, 1.82) is 0 Å². The van der Waals surface area contributed by atoms with E-state index >= 15 is 0 Å². The first-order valence-corrected chi connectivity index (χ1v) is 9.94. The molecule has 1 aliphatic rings. The minimum absolute atomic E-state index is 0.253. The van der Waals surface area contributed by atoms with Crippen LogP contribution < -0.4 is 20.5 Å². The van der Waals surface area contributed by atoms with Crippen LogP contribution in [-0.2, 0) is 11.3 Å². The Bertz CT molecular complexity index is 715. The molecule has 0 aliphatic carbocycles. The third kappa shape index (κ3) is 7.36. The van der Waals surface area contributed by atoms with Crippen LogP contribution in [0.2, 0.25) is 0 Å². The maximum absolute atomic E-state index is 12.3. The molecule has 0 saturated carbocycles. The van der Waals surface area contributed by atoms with E-state index in [2.05, 4.69) is 10.3 Å². The van der Waals surface area contributed by atoms with Gasteiger partial charge in [0.15, 0.2) is 17.5 Å². The quantitative estimate of drug-likeness (QED) is 0.557. The lowest BCUT2D eigenvalue weighted by Gasteiger charge is -2.34. The van der Waals surface area contributed by atoms with Gasteiger partial charge in [-0.15, -0.1) is 0 Å². The number of rotatable bonds is 6. The van der Waals surface area contributed by atoms with Crippen molar-refractivity contribution < 1.29 is 19.0 Å². The number of hydrogen-bond acceptors (Lipinski definition) is 5. The fourth-order valence-electron chi connectivity index (χ4n) is 3.18. The summed E-state index contributed by atoms with van der Waals surface area (Å²) < 4.78 is 16.0. The van der Waals surface area contributed by atoms with Crippen molar-refractivity contribution in [3.8, 4) is 11.5 Å². The molecular weight excluding hydrogens is 372 g/mol.